The number of hydrogen-bond acceptors (Lipinski definition) is 4. The van der Waals surface area contributed by atoms with Gasteiger partial charge >= 0.3 is 0 Å². The number of H-pyrrole nitrogens is 1. The molecule has 1 fully saturated rings. The first-order valence-electron chi connectivity index (χ1n) is 9.96. The number of benzene rings is 2. The minimum atomic E-state index is -0.0932. The number of anilines is 2. The molecule has 7 heteroatoms. The van der Waals surface area contributed by atoms with E-state index in [0.717, 1.165) is 61.1 Å². The molecule has 0 radical (unpaired) electrons. The van der Waals surface area contributed by atoms with Gasteiger partial charge in [-0.1, -0.05) is 29.8 Å². The molecule has 3 heterocycles. The normalized spacial score (nSPS) is 17.1. The van der Waals surface area contributed by atoms with Crippen LogP contribution in [-0.4, -0.2) is 55.1 Å². The van der Waals surface area contributed by atoms with Gasteiger partial charge < -0.3 is 19.9 Å². The van der Waals surface area contributed by atoms with Crippen molar-refractivity contribution in [1.29, 1.82) is 0 Å². The first-order valence-corrected chi connectivity index (χ1v) is 10.3. The van der Waals surface area contributed by atoms with Crippen LogP contribution in [0.2, 0.25) is 5.02 Å². The number of fused-ring (bicyclic) bond motifs is 2. The third-order valence-electron chi connectivity index (χ3n) is 5.75. The van der Waals surface area contributed by atoms with Crippen molar-refractivity contribution in [3.63, 3.8) is 0 Å². The Balaban J connectivity index is 1.19. The third-order valence-corrected chi connectivity index (χ3v) is 6.06. The zero-order valence-corrected chi connectivity index (χ0v) is 16.8. The quantitative estimate of drug-likeness (QED) is 0.691. The summed E-state index contributed by atoms with van der Waals surface area (Å²) in [5, 5.41) is 4.83. The summed E-state index contributed by atoms with van der Waals surface area (Å²) in [6.45, 7) is 5.14. The number of carbonyl (C=O) groups excluding carboxylic acids is 1. The summed E-state index contributed by atoms with van der Waals surface area (Å²) in [5.74, 6) is 0.658. The Kier molecular flexibility index (Phi) is 4.81. The van der Waals surface area contributed by atoms with Crippen LogP contribution in [0.4, 0.5) is 11.4 Å². The summed E-state index contributed by atoms with van der Waals surface area (Å²) in [7, 11) is 0. The number of nitrogens with zero attached hydrogens (tertiary/aromatic N) is 2. The average molecular weight is 411 g/mol. The van der Waals surface area contributed by atoms with E-state index >= 15 is 0 Å². The molecule has 2 N–H and O–H groups in total. The van der Waals surface area contributed by atoms with E-state index in [1.54, 1.807) is 0 Å². The first kappa shape index (κ1) is 18.3. The standard InChI is InChI=1S/C22H23ClN4O2/c23-17-3-1-2-16-19(13-24-22(16)17)27-10-8-26(9-11-27)7-6-15-4-5-20-18(12-15)25-21(28)14-29-20/h1-5,12-13,24H,6-11,14H2,(H,25,28). The molecule has 0 saturated carbocycles. The van der Waals surface area contributed by atoms with Gasteiger partial charge in [-0.3, -0.25) is 9.69 Å². The lowest BCUT2D eigenvalue weighted by Crippen LogP contribution is -2.46. The smallest absolute Gasteiger partial charge is 0.262 e. The molecule has 6 nitrogen and oxygen atoms in total. The largest absolute Gasteiger partial charge is 0.482 e. The Morgan fingerprint density at radius 3 is 2.83 bits per heavy atom. The van der Waals surface area contributed by atoms with Gasteiger partial charge in [0.1, 0.15) is 5.75 Å². The SMILES string of the molecule is O=C1COc2ccc(CCN3CCN(c4c[nH]c5c(Cl)cccc45)CC3)cc2N1. The molecule has 0 unspecified atom stereocenters. The van der Waals surface area contributed by atoms with Crippen molar-refractivity contribution in [2.45, 2.75) is 6.42 Å². The lowest BCUT2D eigenvalue weighted by atomic mass is 10.1. The number of aromatic amines is 1. The highest BCUT2D eigenvalue weighted by molar-refractivity contribution is 6.35. The van der Waals surface area contributed by atoms with Crippen molar-refractivity contribution in [3.8, 4) is 5.75 Å². The van der Waals surface area contributed by atoms with Crippen LogP contribution >= 0.6 is 11.6 Å². The molecular weight excluding hydrogens is 388 g/mol. The molecule has 3 aromatic rings. The number of nitrogens with one attached hydrogen (secondary N) is 2. The monoisotopic (exact) mass is 410 g/mol. The third kappa shape index (κ3) is 3.66. The number of para-hydroxylation sites is 1. The maximum atomic E-state index is 11.5. The molecule has 1 aromatic heterocycles. The van der Waals surface area contributed by atoms with E-state index < -0.39 is 0 Å². The molecule has 2 aliphatic heterocycles. The molecule has 0 aliphatic carbocycles. The predicted molar refractivity (Wildman–Crippen MR) is 116 cm³/mol. The van der Waals surface area contributed by atoms with Crippen molar-refractivity contribution in [3.05, 3.63) is 53.2 Å². The second-order valence-corrected chi connectivity index (χ2v) is 7.99. The van der Waals surface area contributed by atoms with Crippen molar-refractivity contribution < 1.29 is 9.53 Å². The number of carbonyl (C=O) groups is 1. The van der Waals surface area contributed by atoms with Gasteiger partial charge in [-0.2, -0.15) is 0 Å². The van der Waals surface area contributed by atoms with E-state index in [1.165, 1.54) is 16.6 Å². The van der Waals surface area contributed by atoms with Crippen LogP contribution in [0.25, 0.3) is 10.9 Å². The molecule has 2 aliphatic rings. The van der Waals surface area contributed by atoms with E-state index in [4.69, 9.17) is 16.3 Å². The highest BCUT2D eigenvalue weighted by Gasteiger charge is 2.20. The predicted octanol–water partition coefficient (Wildman–Crippen LogP) is 3.52. The van der Waals surface area contributed by atoms with Crippen LogP contribution in [-0.2, 0) is 11.2 Å². The Labute approximate surface area is 174 Å². The van der Waals surface area contributed by atoms with E-state index in [-0.39, 0.29) is 12.5 Å². The van der Waals surface area contributed by atoms with Gasteiger partial charge in [0, 0.05) is 44.3 Å². The average Bonchev–Trinajstić information content (AvgIpc) is 3.18. The number of ether oxygens (including phenoxy) is 1. The highest BCUT2D eigenvalue weighted by Crippen LogP contribution is 2.32. The van der Waals surface area contributed by atoms with Crippen molar-refractivity contribution in [1.82, 2.24) is 9.88 Å². The number of rotatable bonds is 4. The molecule has 1 amide bonds. The second kappa shape index (κ2) is 7.61. The van der Waals surface area contributed by atoms with Gasteiger partial charge in [0.05, 0.1) is 21.9 Å². The number of hydrogen-bond donors (Lipinski definition) is 2. The number of halogens is 1. The van der Waals surface area contributed by atoms with Crippen LogP contribution in [0.15, 0.2) is 42.6 Å². The summed E-state index contributed by atoms with van der Waals surface area (Å²) < 4.78 is 5.43. The maximum absolute atomic E-state index is 11.5. The fourth-order valence-electron chi connectivity index (χ4n) is 4.15. The Bertz CT molecular complexity index is 1060. The van der Waals surface area contributed by atoms with Crippen molar-refractivity contribution in [2.24, 2.45) is 0 Å². The first-order chi connectivity index (χ1) is 14.2. The van der Waals surface area contributed by atoms with Crippen molar-refractivity contribution in [2.75, 3.05) is 49.5 Å². The van der Waals surface area contributed by atoms with Crippen molar-refractivity contribution >= 4 is 39.8 Å². The second-order valence-electron chi connectivity index (χ2n) is 7.58. The minimum Gasteiger partial charge on any atom is -0.482 e. The summed E-state index contributed by atoms with van der Waals surface area (Å²) in [6.07, 6.45) is 3.02. The Hall–Kier alpha value is -2.70. The number of aromatic nitrogens is 1. The topological polar surface area (TPSA) is 60.6 Å². The summed E-state index contributed by atoms with van der Waals surface area (Å²) in [6, 6.07) is 12.1. The van der Waals surface area contributed by atoms with Gasteiger partial charge in [0.2, 0.25) is 0 Å². The molecule has 2 aromatic carbocycles. The molecule has 5 rings (SSSR count). The van der Waals surface area contributed by atoms with E-state index in [1.807, 2.05) is 24.3 Å². The zero-order valence-electron chi connectivity index (χ0n) is 16.1. The maximum Gasteiger partial charge on any atom is 0.262 e. The summed E-state index contributed by atoms with van der Waals surface area (Å²) >= 11 is 6.30. The van der Waals surface area contributed by atoms with E-state index in [2.05, 4.69) is 38.4 Å². The van der Waals surface area contributed by atoms with Gasteiger partial charge in [-0.15, -0.1) is 0 Å². The summed E-state index contributed by atoms with van der Waals surface area (Å²) in [4.78, 5) is 19.7. The molecule has 1 saturated heterocycles. The van der Waals surface area contributed by atoms with Crippen LogP contribution in [0.5, 0.6) is 5.75 Å². The molecule has 0 atom stereocenters. The molecule has 0 bridgehead atoms. The van der Waals surface area contributed by atoms with E-state index in [0.29, 0.717) is 0 Å². The van der Waals surface area contributed by atoms with Gasteiger partial charge in [-0.25, -0.2) is 0 Å². The Morgan fingerprint density at radius 2 is 1.97 bits per heavy atom. The fourth-order valence-corrected chi connectivity index (χ4v) is 4.38. The molecule has 0 spiro atoms. The minimum absolute atomic E-state index is 0.0932. The fraction of sp³-hybridized carbons (Fsp3) is 0.318. The Morgan fingerprint density at radius 1 is 1.10 bits per heavy atom. The lowest BCUT2D eigenvalue weighted by Gasteiger charge is -2.35. The van der Waals surface area contributed by atoms with Crippen LogP contribution < -0.4 is 15.0 Å². The lowest BCUT2D eigenvalue weighted by molar-refractivity contribution is -0.118. The molecule has 29 heavy (non-hydrogen) atoms. The number of amides is 1. The zero-order chi connectivity index (χ0) is 19.8. The van der Waals surface area contributed by atoms with Gasteiger partial charge in [0.15, 0.2) is 6.61 Å². The van der Waals surface area contributed by atoms with Gasteiger partial charge in [-0.05, 0) is 30.2 Å². The van der Waals surface area contributed by atoms with Crippen LogP contribution in [0.1, 0.15) is 5.56 Å². The van der Waals surface area contributed by atoms with E-state index in [9.17, 15) is 4.79 Å². The van der Waals surface area contributed by atoms with Crippen LogP contribution in [0, 0.1) is 0 Å². The molecule has 150 valence electrons. The van der Waals surface area contributed by atoms with Gasteiger partial charge in [0.25, 0.3) is 5.91 Å². The highest BCUT2D eigenvalue weighted by atomic mass is 35.5. The number of piperazine rings is 1. The molecular formula is C22H23ClN4O2. The summed E-state index contributed by atoms with van der Waals surface area (Å²) in [5.41, 5.74) is 4.23. The van der Waals surface area contributed by atoms with Crippen LogP contribution in [0.3, 0.4) is 0 Å².